The lowest BCUT2D eigenvalue weighted by molar-refractivity contribution is 0.132. The van der Waals surface area contributed by atoms with Crippen molar-refractivity contribution in [3.8, 4) is 11.5 Å². The second-order valence-corrected chi connectivity index (χ2v) is 8.18. The molecule has 4 rings (SSSR count). The minimum atomic E-state index is -0.145. The number of ether oxygens (including phenoxy) is 2. The Morgan fingerprint density at radius 3 is 2.63 bits per heavy atom. The molecule has 0 unspecified atom stereocenters. The van der Waals surface area contributed by atoms with Crippen molar-refractivity contribution in [2.24, 2.45) is 5.92 Å². The van der Waals surface area contributed by atoms with Crippen LogP contribution in [0.2, 0.25) is 0 Å². The van der Waals surface area contributed by atoms with E-state index in [1.165, 1.54) is 11.1 Å². The average molecular weight is 364 g/mol. The third kappa shape index (κ3) is 4.19. The SMILES string of the molecule is CC1(C)Cc2cccc(OCCN[C@H](c3ccccc3)C3CC=CC3)c2O1. The topological polar surface area (TPSA) is 30.5 Å². The van der Waals surface area contributed by atoms with Crippen LogP contribution in [-0.2, 0) is 6.42 Å². The number of fused-ring (bicyclic) bond motifs is 1. The van der Waals surface area contributed by atoms with Crippen LogP contribution in [0, 0.1) is 5.92 Å². The maximum atomic E-state index is 6.10. The molecule has 0 bridgehead atoms. The first-order valence-electron chi connectivity index (χ1n) is 9.99. The van der Waals surface area contributed by atoms with Gasteiger partial charge in [0.05, 0.1) is 0 Å². The molecule has 0 radical (unpaired) electrons. The van der Waals surface area contributed by atoms with Gasteiger partial charge in [-0.2, -0.15) is 0 Å². The van der Waals surface area contributed by atoms with E-state index < -0.39 is 0 Å². The summed E-state index contributed by atoms with van der Waals surface area (Å²) >= 11 is 0. The van der Waals surface area contributed by atoms with Crippen molar-refractivity contribution in [2.75, 3.05) is 13.2 Å². The Bertz CT molecular complexity index is 789. The summed E-state index contributed by atoms with van der Waals surface area (Å²) in [7, 11) is 0. The number of hydrogen-bond acceptors (Lipinski definition) is 3. The minimum absolute atomic E-state index is 0.145. The van der Waals surface area contributed by atoms with E-state index in [1.54, 1.807) is 0 Å². The molecule has 2 aromatic rings. The molecular formula is C24H29NO2. The van der Waals surface area contributed by atoms with E-state index in [4.69, 9.17) is 9.47 Å². The molecule has 0 fully saturated rings. The lowest BCUT2D eigenvalue weighted by Crippen LogP contribution is -2.31. The summed E-state index contributed by atoms with van der Waals surface area (Å²) in [6, 6.07) is 17.3. The second-order valence-electron chi connectivity index (χ2n) is 8.18. The minimum Gasteiger partial charge on any atom is -0.488 e. The van der Waals surface area contributed by atoms with Gasteiger partial charge in [-0.15, -0.1) is 0 Å². The normalized spacial score (nSPS) is 18.9. The van der Waals surface area contributed by atoms with Crippen LogP contribution >= 0.6 is 0 Å². The number of nitrogens with one attached hydrogen (secondary N) is 1. The van der Waals surface area contributed by atoms with Gasteiger partial charge in [-0.05, 0) is 44.2 Å². The van der Waals surface area contributed by atoms with Gasteiger partial charge in [0.2, 0.25) is 0 Å². The van der Waals surface area contributed by atoms with Crippen molar-refractivity contribution in [1.82, 2.24) is 5.32 Å². The summed E-state index contributed by atoms with van der Waals surface area (Å²) in [5.74, 6) is 2.40. The monoisotopic (exact) mass is 363 g/mol. The number of rotatable bonds is 7. The molecule has 142 valence electrons. The van der Waals surface area contributed by atoms with E-state index in [0.29, 0.717) is 18.6 Å². The zero-order valence-electron chi connectivity index (χ0n) is 16.3. The van der Waals surface area contributed by atoms with E-state index in [1.807, 2.05) is 6.07 Å². The van der Waals surface area contributed by atoms with Crippen LogP contribution in [0.4, 0.5) is 0 Å². The Labute approximate surface area is 162 Å². The van der Waals surface area contributed by atoms with E-state index in [9.17, 15) is 0 Å². The van der Waals surface area contributed by atoms with Gasteiger partial charge in [0.1, 0.15) is 12.2 Å². The fourth-order valence-corrected chi connectivity index (χ4v) is 4.20. The number of hydrogen-bond donors (Lipinski definition) is 1. The molecule has 0 saturated carbocycles. The van der Waals surface area contributed by atoms with Crippen molar-refractivity contribution >= 4 is 0 Å². The van der Waals surface area contributed by atoms with Crippen molar-refractivity contribution in [3.63, 3.8) is 0 Å². The smallest absolute Gasteiger partial charge is 0.165 e. The quantitative estimate of drug-likeness (QED) is 0.550. The van der Waals surface area contributed by atoms with Crippen LogP contribution in [-0.4, -0.2) is 18.8 Å². The van der Waals surface area contributed by atoms with Crippen molar-refractivity contribution in [1.29, 1.82) is 0 Å². The Kier molecular flexibility index (Phi) is 5.22. The molecule has 0 spiro atoms. The van der Waals surface area contributed by atoms with Gasteiger partial charge in [0.15, 0.2) is 11.5 Å². The van der Waals surface area contributed by atoms with Gasteiger partial charge < -0.3 is 14.8 Å². The third-order valence-electron chi connectivity index (χ3n) is 5.45. The number of para-hydroxylation sites is 1. The molecule has 27 heavy (non-hydrogen) atoms. The molecule has 0 aromatic heterocycles. The number of benzene rings is 2. The lowest BCUT2D eigenvalue weighted by atomic mass is 9.91. The van der Waals surface area contributed by atoms with E-state index >= 15 is 0 Å². The zero-order valence-corrected chi connectivity index (χ0v) is 16.3. The van der Waals surface area contributed by atoms with Gasteiger partial charge in [-0.25, -0.2) is 0 Å². The summed E-state index contributed by atoms with van der Waals surface area (Å²) in [6.07, 6.45) is 7.81. The standard InChI is InChI=1S/C24H29NO2/c1-24(2)17-20-13-8-14-21(23(20)27-24)26-16-15-25-22(19-11-6-7-12-19)18-9-4-3-5-10-18/h3-10,13-14,19,22,25H,11-12,15-17H2,1-2H3/t22-/m1/s1. The molecule has 1 N–H and O–H groups in total. The predicted molar refractivity (Wildman–Crippen MR) is 109 cm³/mol. The first-order chi connectivity index (χ1) is 13.1. The summed E-state index contributed by atoms with van der Waals surface area (Å²) in [5, 5.41) is 3.73. The summed E-state index contributed by atoms with van der Waals surface area (Å²) < 4.78 is 12.2. The van der Waals surface area contributed by atoms with Crippen LogP contribution in [0.1, 0.15) is 43.9 Å². The highest BCUT2D eigenvalue weighted by molar-refractivity contribution is 5.50. The van der Waals surface area contributed by atoms with E-state index in [0.717, 1.165) is 37.3 Å². The Morgan fingerprint density at radius 1 is 1.07 bits per heavy atom. The molecule has 3 heteroatoms. The summed E-state index contributed by atoms with van der Waals surface area (Å²) in [6.45, 7) is 5.68. The van der Waals surface area contributed by atoms with E-state index in [2.05, 4.69) is 73.8 Å². The lowest BCUT2D eigenvalue weighted by Gasteiger charge is -2.25. The van der Waals surface area contributed by atoms with Crippen molar-refractivity contribution < 1.29 is 9.47 Å². The maximum absolute atomic E-state index is 6.10. The predicted octanol–water partition coefficient (Wildman–Crippen LogP) is 5.08. The van der Waals surface area contributed by atoms with E-state index in [-0.39, 0.29) is 5.60 Å². The van der Waals surface area contributed by atoms with Crippen molar-refractivity contribution in [2.45, 2.75) is 44.8 Å². The molecule has 2 aromatic carbocycles. The van der Waals surface area contributed by atoms with Crippen LogP contribution in [0.15, 0.2) is 60.7 Å². The zero-order chi connectivity index (χ0) is 18.7. The molecule has 2 aliphatic rings. The van der Waals surface area contributed by atoms with Crippen molar-refractivity contribution in [3.05, 3.63) is 71.8 Å². The summed E-state index contributed by atoms with van der Waals surface area (Å²) in [5.41, 5.74) is 2.45. The van der Waals surface area contributed by atoms with Crippen LogP contribution in [0.25, 0.3) is 0 Å². The molecular weight excluding hydrogens is 334 g/mol. The third-order valence-corrected chi connectivity index (χ3v) is 5.45. The molecule has 1 aliphatic carbocycles. The van der Waals surface area contributed by atoms with Gasteiger partial charge >= 0.3 is 0 Å². The fourth-order valence-electron chi connectivity index (χ4n) is 4.20. The Morgan fingerprint density at radius 2 is 1.85 bits per heavy atom. The molecule has 1 atom stereocenters. The number of allylic oxidation sites excluding steroid dienone is 2. The summed E-state index contributed by atoms with van der Waals surface area (Å²) in [4.78, 5) is 0. The molecule has 1 aliphatic heterocycles. The highest BCUT2D eigenvalue weighted by Gasteiger charge is 2.32. The van der Waals surface area contributed by atoms with Gasteiger partial charge in [-0.3, -0.25) is 0 Å². The Hall–Kier alpha value is -2.26. The van der Waals surface area contributed by atoms with Gasteiger partial charge in [0, 0.05) is 24.6 Å². The van der Waals surface area contributed by atoms with Gasteiger partial charge in [-0.1, -0.05) is 54.6 Å². The first kappa shape index (κ1) is 18.1. The second kappa shape index (κ2) is 7.77. The van der Waals surface area contributed by atoms with Gasteiger partial charge in [0.25, 0.3) is 0 Å². The highest BCUT2D eigenvalue weighted by atomic mass is 16.5. The van der Waals surface area contributed by atoms with Crippen LogP contribution in [0.5, 0.6) is 11.5 Å². The molecule has 0 amide bonds. The maximum Gasteiger partial charge on any atom is 0.165 e. The highest BCUT2D eigenvalue weighted by Crippen LogP contribution is 2.41. The average Bonchev–Trinajstić information content (AvgIpc) is 3.29. The molecule has 0 saturated heterocycles. The van der Waals surface area contributed by atoms with Crippen LogP contribution in [0.3, 0.4) is 0 Å². The first-order valence-corrected chi connectivity index (χ1v) is 9.99. The fraction of sp³-hybridized carbons (Fsp3) is 0.417. The molecule has 3 nitrogen and oxygen atoms in total. The van der Waals surface area contributed by atoms with Crippen LogP contribution < -0.4 is 14.8 Å². The largest absolute Gasteiger partial charge is 0.488 e. The molecule has 1 heterocycles. The Balaban J connectivity index is 1.36.